The fourth-order valence-corrected chi connectivity index (χ4v) is 7.84. The number of nitrogens with zero attached hydrogens (tertiary/aromatic N) is 2. The molecule has 1 aromatic carbocycles. The number of aromatic hydroxyl groups is 1. The molecular formula is C28H49N3O5Si. The molecule has 0 bridgehead atoms. The molecule has 1 saturated heterocycles. The molecule has 0 aromatic heterocycles. The van der Waals surface area contributed by atoms with Crippen LogP contribution < -0.4 is 15.2 Å². The molecule has 1 fully saturated rings. The molecule has 0 aliphatic carbocycles. The predicted octanol–water partition coefficient (Wildman–Crippen LogP) is 5.12. The van der Waals surface area contributed by atoms with Gasteiger partial charge in [-0.15, -0.1) is 0 Å². The number of nitrogens with two attached hydrogens (primary N) is 1. The first-order chi connectivity index (χ1) is 17.5. The van der Waals surface area contributed by atoms with Crippen LogP contribution in [0.1, 0.15) is 58.1 Å². The van der Waals surface area contributed by atoms with E-state index in [0.717, 1.165) is 31.4 Å². The summed E-state index contributed by atoms with van der Waals surface area (Å²) in [4.78, 5) is 6.04. The zero-order valence-electron chi connectivity index (χ0n) is 24.2. The number of rotatable bonds is 14. The Kier molecular flexibility index (Phi) is 12.2. The SMILES string of the molecule is [C-]#[N+][C@@H](C(N)Cc1cc(O)c(OC)c(C)c1OC)N1CCO[C@@H](CCCCO[Si](C)(C(C)C)C(C)C)C1. The van der Waals surface area contributed by atoms with E-state index in [4.69, 9.17) is 30.9 Å². The minimum atomic E-state index is -1.71. The Hall–Kier alpha value is -1.83. The van der Waals surface area contributed by atoms with Gasteiger partial charge in [-0.3, -0.25) is 4.85 Å². The third-order valence-corrected chi connectivity index (χ3v) is 13.5. The van der Waals surface area contributed by atoms with E-state index < -0.39 is 20.5 Å². The summed E-state index contributed by atoms with van der Waals surface area (Å²) >= 11 is 0. The third-order valence-electron chi connectivity index (χ3n) is 8.07. The number of ether oxygens (including phenoxy) is 3. The summed E-state index contributed by atoms with van der Waals surface area (Å²) in [6.07, 6.45) is 3.02. The molecule has 0 amide bonds. The monoisotopic (exact) mass is 535 g/mol. The molecule has 1 aliphatic rings. The first kappa shape index (κ1) is 31.4. The molecule has 8 nitrogen and oxygen atoms in total. The topological polar surface area (TPSA) is 90.8 Å². The predicted molar refractivity (Wildman–Crippen MR) is 151 cm³/mol. The summed E-state index contributed by atoms with van der Waals surface area (Å²) in [5, 5.41) is 10.4. The number of unbranched alkanes of at least 4 members (excludes halogenated alkanes) is 1. The molecular weight excluding hydrogens is 486 g/mol. The van der Waals surface area contributed by atoms with Gasteiger partial charge in [0.25, 0.3) is 6.17 Å². The van der Waals surface area contributed by atoms with E-state index in [0.29, 0.717) is 54.3 Å². The van der Waals surface area contributed by atoms with E-state index in [1.165, 1.54) is 7.11 Å². The first-order valence-electron chi connectivity index (χ1n) is 13.5. The van der Waals surface area contributed by atoms with Crippen molar-refractivity contribution in [3.63, 3.8) is 0 Å². The van der Waals surface area contributed by atoms with Crippen LogP contribution in [0.4, 0.5) is 0 Å². The Balaban J connectivity index is 1.94. The van der Waals surface area contributed by atoms with Gasteiger partial charge < -0.3 is 29.5 Å². The number of benzene rings is 1. The Morgan fingerprint density at radius 1 is 1.19 bits per heavy atom. The molecule has 1 aliphatic heterocycles. The van der Waals surface area contributed by atoms with Gasteiger partial charge in [-0.1, -0.05) is 27.7 Å². The van der Waals surface area contributed by atoms with Gasteiger partial charge in [0.15, 0.2) is 19.8 Å². The van der Waals surface area contributed by atoms with Crippen LogP contribution in [0.3, 0.4) is 0 Å². The van der Waals surface area contributed by atoms with Gasteiger partial charge in [-0.25, -0.2) is 11.5 Å². The zero-order chi connectivity index (χ0) is 27.8. The molecule has 3 atom stereocenters. The van der Waals surface area contributed by atoms with Crippen molar-refractivity contribution < 1.29 is 23.7 Å². The smallest absolute Gasteiger partial charge is 0.295 e. The van der Waals surface area contributed by atoms with Crippen molar-refractivity contribution in [2.45, 2.75) is 96.2 Å². The summed E-state index contributed by atoms with van der Waals surface area (Å²) in [6, 6.07) is 1.18. The van der Waals surface area contributed by atoms with Crippen LogP contribution in [0.2, 0.25) is 17.6 Å². The molecule has 37 heavy (non-hydrogen) atoms. The highest BCUT2D eigenvalue weighted by Gasteiger charge is 2.37. The number of methoxy groups -OCH3 is 2. The average molecular weight is 536 g/mol. The van der Waals surface area contributed by atoms with E-state index in [9.17, 15) is 5.11 Å². The fraction of sp³-hybridized carbons (Fsp3) is 0.750. The molecule has 1 aromatic rings. The summed E-state index contributed by atoms with van der Waals surface area (Å²) in [7, 11) is 1.40. The van der Waals surface area contributed by atoms with Crippen molar-refractivity contribution >= 4 is 8.32 Å². The van der Waals surface area contributed by atoms with Gasteiger partial charge in [-0.2, -0.15) is 0 Å². The quantitative estimate of drug-likeness (QED) is 0.194. The highest BCUT2D eigenvalue weighted by Crippen LogP contribution is 2.39. The van der Waals surface area contributed by atoms with Gasteiger partial charge in [0, 0.05) is 37.2 Å². The van der Waals surface area contributed by atoms with Crippen molar-refractivity contribution in [1.29, 1.82) is 0 Å². The van der Waals surface area contributed by atoms with Gasteiger partial charge >= 0.3 is 0 Å². The standard InChI is InChI=1S/C28H49N3O5Si/c1-19(2)37(9,20(3)4)36-14-11-10-12-23-18-31(13-15-35-23)28(30-6)24(29)16-22-17-25(32)27(34-8)21(5)26(22)33-7/h17,19-20,23-24,28,32H,10-16,18,29H2,1-5,7-9H3/t23-,24?,28+/m0/s1. The molecule has 210 valence electrons. The minimum absolute atomic E-state index is 0.0440. The molecule has 0 spiro atoms. The maximum Gasteiger partial charge on any atom is 0.295 e. The molecule has 2 rings (SSSR count). The lowest BCUT2D eigenvalue weighted by Crippen LogP contribution is -2.53. The number of morpholine rings is 1. The number of phenolic OH excluding ortho intramolecular Hbond substituents is 1. The Labute approximate surface area is 225 Å². The second kappa shape index (κ2) is 14.4. The van der Waals surface area contributed by atoms with Crippen LogP contribution in [0, 0.1) is 13.5 Å². The van der Waals surface area contributed by atoms with Gasteiger partial charge in [0.1, 0.15) is 11.8 Å². The highest BCUT2D eigenvalue weighted by molar-refractivity contribution is 6.75. The Bertz CT molecular complexity index is 897. The summed E-state index contributed by atoms with van der Waals surface area (Å²) in [6.45, 7) is 24.0. The lowest BCUT2D eigenvalue weighted by Gasteiger charge is -2.36. The third kappa shape index (κ3) is 7.84. The second-order valence-electron chi connectivity index (χ2n) is 11.0. The lowest BCUT2D eigenvalue weighted by atomic mass is 9.98. The molecule has 0 radical (unpaired) electrons. The van der Waals surface area contributed by atoms with Crippen molar-refractivity contribution in [3.05, 3.63) is 28.6 Å². The van der Waals surface area contributed by atoms with Crippen LogP contribution in [-0.4, -0.2) is 77.2 Å². The van der Waals surface area contributed by atoms with Crippen LogP contribution in [0.5, 0.6) is 17.2 Å². The lowest BCUT2D eigenvalue weighted by molar-refractivity contribution is -0.0446. The van der Waals surface area contributed by atoms with E-state index in [1.54, 1.807) is 13.2 Å². The van der Waals surface area contributed by atoms with E-state index in [1.807, 2.05) is 6.92 Å². The number of hydrogen-bond acceptors (Lipinski definition) is 7. The number of hydrogen-bond donors (Lipinski definition) is 2. The second-order valence-corrected chi connectivity index (χ2v) is 15.9. The van der Waals surface area contributed by atoms with Crippen molar-refractivity contribution in [2.24, 2.45) is 5.73 Å². The summed E-state index contributed by atoms with van der Waals surface area (Å²) in [5.41, 5.74) is 9.26. The Morgan fingerprint density at radius 3 is 2.41 bits per heavy atom. The van der Waals surface area contributed by atoms with E-state index in [-0.39, 0.29) is 11.9 Å². The summed E-state index contributed by atoms with van der Waals surface area (Å²) in [5.74, 6) is 1.06. The van der Waals surface area contributed by atoms with Crippen LogP contribution in [0.25, 0.3) is 4.85 Å². The molecule has 9 heteroatoms. The van der Waals surface area contributed by atoms with Gasteiger partial charge in [-0.05, 0) is 49.9 Å². The van der Waals surface area contributed by atoms with Crippen LogP contribution in [-0.2, 0) is 15.6 Å². The number of phenols is 1. The molecule has 0 saturated carbocycles. The average Bonchev–Trinajstić information content (AvgIpc) is 2.84. The normalized spacial score (nSPS) is 18.6. The van der Waals surface area contributed by atoms with E-state index >= 15 is 0 Å². The molecule has 1 heterocycles. The van der Waals surface area contributed by atoms with Crippen molar-refractivity contribution in [2.75, 3.05) is 40.5 Å². The van der Waals surface area contributed by atoms with Crippen LogP contribution >= 0.6 is 0 Å². The minimum Gasteiger partial charge on any atom is -0.504 e. The largest absolute Gasteiger partial charge is 0.504 e. The summed E-state index contributed by atoms with van der Waals surface area (Å²) < 4.78 is 23.4. The Morgan fingerprint density at radius 2 is 1.84 bits per heavy atom. The van der Waals surface area contributed by atoms with E-state index in [2.05, 4.69) is 44.0 Å². The van der Waals surface area contributed by atoms with Crippen molar-refractivity contribution in [1.82, 2.24) is 4.90 Å². The zero-order valence-corrected chi connectivity index (χ0v) is 25.2. The molecule has 3 N–H and O–H groups in total. The van der Waals surface area contributed by atoms with Gasteiger partial charge in [0.2, 0.25) is 0 Å². The maximum absolute atomic E-state index is 10.4. The van der Waals surface area contributed by atoms with Gasteiger partial charge in [0.05, 0.1) is 26.9 Å². The highest BCUT2D eigenvalue weighted by atomic mass is 28.4. The fourth-order valence-electron chi connectivity index (χ4n) is 5.26. The van der Waals surface area contributed by atoms with Crippen LogP contribution in [0.15, 0.2) is 6.07 Å². The first-order valence-corrected chi connectivity index (χ1v) is 16.1. The van der Waals surface area contributed by atoms with Crippen molar-refractivity contribution in [3.8, 4) is 17.2 Å². The maximum atomic E-state index is 10.4. The molecule has 1 unspecified atom stereocenters.